The summed E-state index contributed by atoms with van der Waals surface area (Å²) in [6, 6.07) is 8.35. The Morgan fingerprint density at radius 1 is 1.04 bits per heavy atom. The standard InChI is InChI=1S/C35H51N6O9P/c1-3-4-5-6-7-8-9-10-11-12-13-14-19-46-22-26(48-29-18-15-25(20-36)21-38-29)23-47-51(44,45)50-33-34(2)35(33,43)31(42)30(49-34)27-16-17-28-32(37)39-24-40-41(27)28/h15-18,21,24,26,30-31,33,42-43H,3-14,19,22-23H2,1-2H3,(H,44,45)(H2,37,39,40)/t26-,30+,31+,33?,34-,35-/m1/s1. The van der Waals surface area contributed by atoms with E-state index in [1.165, 1.54) is 93.9 Å². The molecule has 3 aromatic heterocycles. The van der Waals surface area contributed by atoms with Crippen LogP contribution in [-0.2, 0) is 23.1 Å². The normalized spacial score (nSPS) is 25.7. The summed E-state index contributed by atoms with van der Waals surface area (Å²) in [5, 5.41) is 35.8. The van der Waals surface area contributed by atoms with Crippen LogP contribution in [0, 0.1) is 11.3 Å². The fourth-order valence-electron chi connectivity index (χ4n) is 6.72. The van der Waals surface area contributed by atoms with Gasteiger partial charge in [-0.15, -0.1) is 0 Å². The first kappa shape index (κ1) is 39.0. The lowest BCUT2D eigenvalue weighted by Gasteiger charge is -2.24. The largest absolute Gasteiger partial charge is 0.472 e. The summed E-state index contributed by atoms with van der Waals surface area (Å²) in [5.74, 6) is 0.404. The zero-order chi connectivity index (χ0) is 36.5. The molecular formula is C35H51N6O9P. The summed E-state index contributed by atoms with van der Waals surface area (Å²) < 4.78 is 43.0. The Hall–Kier alpha value is -3.19. The molecule has 2 unspecified atom stereocenters. The van der Waals surface area contributed by atoms with Crippen molar-refractivity contribution < 1.29 is 42.9 Å². The van der Waals surface area contributed by atoms with Crippen LogP contribution in [0.1, 0.15) is 108 Å². The zero-order valence-corrected chi connectivity index (χ0v) is 30.3. The second-order valence-corrected chi connectivity index (χ2v) is 15.0. The van der Waals surface area contributed by atoms with Gasteiger partial charge in [0.05, 0.1) is 24.5 Å². The van der Waals surface area contributed by atoms with Crippen molar-refractivity contribution in [2.75, 3.05) is 25.6 Å². The van der Waals surface area contributed by atoms with Crippen LogP contribution in [0.2, 0.25) is 0 Å². The van der Waals surface area contributed by atoms with Crippen molar-refractivity contribution in [2.45, 2.75) is 127 Å². The number of nitriles is 1. The highest BCUT2D eigenvalue weighted by Gasteiger charge is 2.87. The van der Waals surface area contributed by atoms with E-state index in [0.29, 0.717) is 23.4 Å². The fourth-order valence-corrected chi connectivity index (χ4v) is 7.76. The fraction of sp³-hybridized carbons (Fsp3) is 0.657. The van der Waals surface area contributed by atoms with Crippen molar-refractivity contribution >= 4 is 19.2 Å². The summed E-state index contributed by atoms with van der Waals surface area (Å²) in [6.45, 7) is 3.81. The molecule has 5 N–H and O–H groups in total. The minimum atomic E-state index is -4.81. The molecule has 0 aromatic carbocycles. The molecule has 280 valence electrons. The molecular weight excluding hydrogens is 679 g/mol. The van der Waals surface area contributed by atoms with E-state index in [1.54, 1.807) is 12.1 Å². The minimum Gasteiger partial charge on any atom is -0.469 e. The second kappa shape index (κ2) is 17.6. The van der Waals surface area contributed by atoms with Gasteiger partial charge in [-0.25, -0.2) is 19.0 Å². The number of phosphoric ester groups is 1. The van der Waals surface area contributed by atoms with Crippen molar-refractivity contribution in [2.24, 2.45) is 0 Å². The first-order valence-electron chi connectivity index (χ1n) is 18.0. The molecule has 2 aliphatic rings. The monoisotopic (exact) mass is 730 g/mol. The molecule has 4 heterocycles. The lowest BCUT2D eigenvalue weighted by molar-refractivity contribution is -0.0809. The molecule has 15 nitrogen and oxygen atoms in total. The second-order valence-electron chi connectivity index (χ2n) is 13.6. The molecule has 3 aromatic rings. The number of unbranched alkanes of at least 4 members (excludes halogenated alkanes) is 11. The van der Waals surface area contributed by atoms with Crippen LogP contribution in [0.4, 0.5) is 5.82 Å². The number of ether oxygens (including phenoxy) is 3. The minimum absolute atomic E-state index is 0.0354. The van der Waals surface area contributed by atoms with Crippen LogP contribution in [0.15, 0.2) is 36.8 Å². The Kier molecular flexibility index (Phi) is 13.4. The average molecular weight is 731 g/mol. The molecule has 2 fully saturated rings. The van der Waals surface area contributed by atoms with E-state index in [9.17, 15) is 19.7 Å². The van der Waals surface area contributed by atoms with E-state index in [2.05, 4.69) is 22.0 Å². The van der Waals surface area contributed by atoms with Crippen molar-refractivity contribution in [3.63, 3.8) is 0 Å². The van der Waals surface area contributed by atoms with Crippen LogP contribution >= 0.6 is 7.82 Å². The van der Waals surface area contributed by atoms with Crippen molar-refractivity contribution in [3.05, 3.63) is 48.0 Å². The van der Waals surface area contributed by atoms with Gasteiger partial charge in [-0.1, -0.05) is 77.6 Å². The van der Waals surface area contributed by atoms with Gasteiger partial charge in [0.2, 0.25) is 5.88 Å². The number of hydrogen-bond acceptors (Lipinski definition) is 13. The van der Waals surface area contributed by atoms with Gasteiger partial charge in [0.1, 0.15) is 47.9 Å². The van der Waals surface area contributed by atoms with Gasteiger partial charge in [0, 0.05) is 18.9 Å². The van der Waals surface area contributed by atoms with Gasteiger partial charge in [0.15, 0.2) is 11.4 Å². The van der Waals surface area contributed by atoms with Gasteiger partial charge < -0.3 is 35.1 Å². The van der Waals surface area contributed by atoms with Crippen molar-refractivity contribution in [3.8, 4) is 11.9 Å². The lowest BCUT2D eigenvalue weighted by atomic mass is 10.0. The summed E-state index contributed by atoms with van der Waals surface area (Å²) in [4.78, 5) is 18.7. The summed E-state index contributed by atoms with van der Waals surface area (Å²) in [5.41, 5.74) is 3.64. The number of aliphatic hydroxyl groups is 2. The van der Waals surface area contributed by atoms with Gasteiger partial charge in [0.25, 0.3) is 0 Å². The van der Waals surface area contributed by atoms with Gasteiger partial charge in [-0.2, -0.15) is 10.4 Å². The molecule has 16 heteroatoms. The quantitative estimate of drug-likeness (QED) is 0.0730. The summed E-state index contributed by atoms with van der Waals surface area (Å²) in [6.07, 6.45) is 12.5. The van der Waals surface area contributed by atoms with Gasteiger partial charge in [-0.3, -0.25) is 9.05 Å². The Morgan fingerprint density at radius 2 is 1.73 bits per heavy atom. The number of phosphoric acid groups is 1. The maximum absolute atomic E-state index is 13.1. The highest BCUT2D eigenvalue weighted by atomic mass is 31.2. The molecule has 5 rings (SSSR count). The number of anilines is 1. The highest BCUT2D eigenvalue weighted by molar-refractivity contribution is 7.47. The SMILES string of the molecule is CCCCCCCCCCCCCCOC[C@H](COP(=O)(O)OC1[C@@]2(C)O[C@@H](c3ccc4c(N)ncnn34)[C@H](O)[C@@]12O)Oc1ccc(C#N)cn1. The lowest BCUT2D eigenvalue weighted by Crippen LogP contribution is -2.35. The maximum Gasteiger partial charge on any atom is 0.472 e. The van der Waals surface area contributed by atoms with E-state index in [-0.39, 0.29) is 18.3 Å². The van der Waals surface area contributed by atoms with Crippen LogP contribution in [0.25, 0.3) is 5.52 Å². The Morgan fingerprint density at radius 3 is 2.33 bits per heavy atom. The van der Waals surface area contributed by atoms with E-state index in [0.717, 1.165) is 19.3 Å². The number of pyridine rings is 1. The number of nitrogens with two attached hydrogens (primary N) is 1. The molecule has 0 bridgehead atoms. The smallest absolute Gasteiger partial charge is 0.469 e. The van der Waals surface area contributed by atoms with Crippen LogP contribution < -0.4 is 10.5 Å². The number of aromatic nitrogens is 4. The number of fused-ring (bicyclic) bond motifs is 2. The summed E-state index contributed by atoms with van der Waals surface area (Å²) >= 11 is 0. The highest BCUT2D eigenvalue weighted by Crippen LogP contribution is 2.68. The van der Waals surface area contributed by atoms with Crippen LogP contribution in [0.5, 0.6) is 5.88 Å². The molecule has 0 spiro atoms. The number of nitrogen functional groups attached to an aromatic ring is 1. The number of nitrogens with zero attached hydrogens (tertiary/aromatic N) is 5. The van der Waals surface area contributed by atoms with E-state index in [1.807, 2.05) is 6.07 Å². The molecule has 0 amide bonds. The topological polar surface area (TPSA) is 217 Å². The Labute approximate surface area is 298 Å². The molecule has 1 aliphatic carbocycles. The molecule has 1 aliphatic heterocycles. The average Bonchev–Trinajstić information content (AvgIpc) is 3.38. The predicted octanol–water partition coefficient (Wildman–Crippen LogP) is 5.18. The van der Waals surface area contributed by atoms with Crippen LogP contribution in [0.3, 0.4) is 0 Å². The zero-order valence-electron chi connectivity index (χ0n) is 29.4. The Balaban J connectivity index is 1.08. The van der Waals surface area contributed by atoms with Gasteiger partial charge in [-0.05, 0) is 31.5 Å². The first-order valence-corrected chi connectivity index (χ1v) is 19.5. The van der Waals surface area contributed by atoms with Crippen molar-refractivity contribution in [1.29, 1.82) is 5.26 Å². The molecule has 1 saturated heterocycles. The third kappa shape index (κ3) is 9.25. The summed E-state index contributed by atoms with van der Waals surface area (Å²) in [7, 11) is -4.81. The molecule has 1 saturated carbocycles. The molecule has 51 heavy (non-hydrogen) atoms. The number of aliphatic hydroxyl groups excluding tert-OH is 1. The Bertz CT molecular complexity index is 1650. The van der Waals surface area contributed by atoms with Crippen LogP contribution in [-0.4, -0.2) is 84.0 Å². The molecule has 7 atom stereocenters. The van der Waals surface area contributed by atoms with Crippen molar-refractivity contribution in [1.82, 2.24) is 19.6 Å². The number of rotatable bonds is 23. The third-order valence-electron chi connectivity index (χ3n) is 9.78. The first-order chi connectivity index (χ1) is 24.5. The maximum atomic E-state index is 13.1. The van der Waals surface area contributed by atoms with Gasteiger partial charge >= 0.3 is 7.82 Å². The predicted molar refractivity (Wildman–Crippen MR) is 187 cm³/mol. The van der Waals surface area contributed by atoms with E-state index < -0.39 is 50.0 Å². The number of hydrogen-bond donors (Lipinski definition) is 4. The third-order valence-corrected chi connectivity index (χ3v) is 10.7. The molecule has 0 radical (unpaired) electrons. The van der Waals surface area contributed by atoms with E-state index in [4.69, 9.17) is 34.3 Å². The van der Waals surface area contributed by atoms with E-state index >= 15 is 0 Å².